The minimum Gasteiger partial charge on any atom is -0.197 e. The predicted octanol–water partition coefficient (Wildman–Crippen LogP) is 3.78. The van der Waals surface area contributed by atoms with Gasteiger partial charge in [0.2, 0.25) is 0 Å². The maximum absolute atomic E-state index is 9.24. The number of nitriles is 1. The minimum atomic E-state index is -0.124. The van der Waals surface area contributed by atoms with Crippen molar-refractivity contribution in [3.63, 3.8) is 0 Å². The third kappa shape index (κ3) is 1.89. The quantitative estimate of drug-likeness (QED) is 0.769. The number of thioether (sulfide) groups is 1. The van der Waals surface area contributed by atoms with E-state index in [2.05, 4.69) is 32.0 Å². The molecule has 0 aliphatic heterocycles. The summed E-state index contributed by atoms with van der Waals surface area (Å²) in [5.74, 6) is 0.590. The molecular formula is C13H15NS. The van der Waals surface area contributed by atoms with Crippen molar-refractivity contribution in [2.75, 3.05) is 0 Å². The molecule has 0 aromatic heterocycles. The summed E-state index contributed by atoms with van der Waals surface area (Å²) in [6, 6.07) is 10.8. The molecule has 1 aliphatic carbocycles. The van der Waals surface area contributed by atoms with Gasteiger partial charge in [0.05, 0.1) is 6.07 Å². The smallest absolute Gasteiger partial charge is 0.110 e. The van der Waals surface area contributed by atoms with Crippen LogP contribution < -0.4 is 0 Å². The third-order valence-corrected chi connectivity index (χ3v) is 4.75. The molecule has 0 N–H and O–H groups in total. The Bertz CT molecular complexity index is 407. The molecule has 1 fully saturated rings. The highest BCUT2D eigenvalue weighted by Crippen LogP contribution is 2.58. The van der Waals surface area contributed by atoms with Gasteiger partial charge >= 0.3 is 0 Å². The van der Waals surface area contributed by atoms with E-state index < -0.39 is 0 Å². The lowest BCUT2D eigenvalue weighted by Gasteiger charge is -2.09. The SMILES string of the molecule is CCC1CC1(C#N)Sc1ccccc1C. The summed E-state index contributed by atoms with van der Waals surface area (Å²) in [4.78, 5) is 1.26. The summed E-state index contributed by atoms with van der Waals surface area (Å²) in [5, 5.41) is 9.24. The number of rotatable bonds is 3. The van der Waals surface area contributed by atoms with Crippen LogP contribution in [0.3, 0.4) is 0 Å². The molecule has 1 nitrogen and oxygen atoms in total. The van der Waals surface area contributed by atoms with Crippen LogP contribution in [0.5, 0.6) is 0 Å². The van der Waals surface area contributed by atoms with Gasteiger partial charge < -0.3 is 0 Å². The molecule has 2 rings (SSSR count). The second-order valence-corrected chi connectivity index (χ2v) is 5.55. The van der Waals surface area contributed by atoms with Crippen LogP contribution in [0.25, 0.3) is 0 Å². The second-order valence-electron chi connectivity index (χ2n) is 4.18. The van der Waals surface area contributed by atoms with E-state index in [1.165, 1.54) is 10.5 Å². The summed E-state index contributed by atoms with van der Waals surface area (Å²) in [7, 11) is 0. The van der Waals surface area contributed by atoms with Crippen LogP contribution in [0, 0.1) is 24.2 Å². The molecule has 2 atom stereocenters. The molecule has 0 amide bonds. The van der Waals surface area contributed by atoms with E-state index in [-0.39, 0.29) is 4.75 Å². The molecule has 78 valence electrons. The minimum absolute atomic E-state index is 0.124. The maximum atomic E-state index is 9.24. The summed E-state index contributed by atoms with van der Waals surface area (Å²) in [6.07, 6.45) is 2.17. The Kier molecular flexibility index (Phi) is 2.75. The van der Waals surface area contributed by atoms with Crippen molar-refractivity contribution < 1.29 is 0 Å². The van der Waals surface area contributed by atoms with Gasteiger partial charge in [-0.3, -0.25) is 0 Å². The summed E-state index contributed by atoms with van der Waals surface area (Å²) in [6.45, 7) is 4.28. The van der Waals surface area contributed by atoms with Gasteiger partial charge in [-0.2, -0.15) is 5.26 Å². The molecule has 1 aliphatic rings. The first kappa shape index (κ1) is 10.6. The van der Waals surface area contributed by atoms with Crippen LogP contribution in [0.15, 0.2) is 29.2 Å². The fraction of sp³-hybridized carbons (Fsp3) is 0.462. The van der Waals surface area contributed by atoms with Crippen LogP contribution in [0.1, 0.15) is 25.3 Å². The molecule has 0 spiro atoms. The monoisotopic (exact) mass is 217 g/mol. The van der Waals surface area contributed by atoms with Crippen LogP contribution in [0.2, 0.25) is 0 Å². The average molecular weight is 217 g/mol. The average Bonchev–Trinajstić information content (AvgIpc) is 2.96. The van der Waals surface area contributed by atoms with Gasteiger partial charge in [0.15, 0.2) is 0 Å². The van der Waals surface area contributed by atoms with Crippen molar-refractivity contribution in [3.8, 4) is 6.07 Å². The van der Waals surface area contributed by atoms with Gasteiger partial charge in [-0.1, -0.05) is 31.5 Å². The van der Waals surface area contributed by atoms with E-state index in [0.717, 1.165) is 12.8 Å². The zero-order valence-corrected chi connectivity index (χ0v) is 9.97. The van der Waals surface area contributed by atoms with E-state index in [4.69, 9.17) is 0 Å². The van der Waals surface area contributed by atoms with E-state index in [1.54, 1.807) is 11.8 Å². The van der Waals surface area contributed by atoms with E-state index >= 15 is 0 Å². The highest BCUT2D eigenvalue weighted by atomic mass is 32.2. The Morgan fingerprint density at radius 1 is 1.53 bits per heavy atom. The Morgan fingerprint density at radius 3 is 2.80 bits per heavy atom. The van der Waals surface area contributed by atoms with Crippen molar-refractivity contribution in [2.24, 2.45) is 5.92 Å². The highest BCUT2D eigenvalue weighted by molar-refractivity contribution is 8.01. The third-order valence-electron chi connectivity index (χ3n) is 3.12. The van der Waals surface area contributed by atoms with Crippen molar-refractivity contribution in [2.45, 2.75) is 36.3 Å². The lowest BCUT2D eigenvalue weighted by molar-refractivity contribution is 0.776. The molecule has 0 saturated heterocycles. The van der Waals surface area contributed by atoms with E-state index in [1.807, 2.05) is 12.1 Å². The first-order chi connectivity index (χ1) is 7.22. The Labute approximate surface area is 95.5 Å². The lowest BCUT2D eigenvalue weighted by atomic mass is 10.2. The van der Waals surface area contributed by atoms with Gasteiger partial charge in [-0.25, -0.2) is 0 Å². The van der Waals surface area contributed by atoms with Crippen molar-refractivity contribution in [1.82, 2.24) is 0 Å². The molecule has 2 heteroatoms. The zero-order valence-electron chi connectivity index (χ0n) is 9.16. The standard InChI is InChI=1S/C13H15NS/c1-3-11-8-13(11,9-14)15-12-7-5-4-6-10(12)2/h4-7,11H,3,8H2,1-2H3. The normalized spacial score (nSPS) is 28.5. The summed E-state index contributed by atoms with van der Waals surface area (Å²) >= 11 is 1.76. The molecule has 1 saturated carbocycles. The predicted molar refractivity (Wildman–Crippen MR) is 63.8 cm³/mol. The molecule has 0 bridgehead atoms. The molecule has 15 heavy (non-hydrogen) atoms. The molecule has 0 heterocycles. The molecular weight excluding hydrogens is 202 g/mol. The highest BCUT2D eigenvalue weighted by Gasteiger charge is 2.54. The fourth-order valence-electron chi connectivity index (χ4n) is 1.93. The van der Waals surface area contributed by atoms with E-state index in [0.29, 0.717) is 5.92 Å². The lowest BCUT2D eigenvalue weighted by Crippen LogP contribution is -2.02. The topological polar surface area (TPSA) is 23.8 Å². The Morgan fingerprint density at radius 2 is 2.27 bits per heavy atom. The molecule has 1 aromatic rings. The van der Waals surface area contributed by atoms with Crippen molar-refractivity contribution in [1.29, 1.82) is 5.26 Å². The van der Waals surface area contributed by atoms with Crippen LogP contribution in [-0.2, 0) is 0 Å². The number of hydrogen-bond donors (Lipinski definition) is 0. The van der Waals surface area contributed by atoms with Gasteiger partial charge in [0, 0.05) is 4.90 Å². The van der Waals surface area contributed by atoms with Gasteiger partial charge in [0.25, 0.3) is 0 Å². The van der Waals surface area contributed by atoms with Crippen LogP contribution in [-0.4, -0.2) is 4.75 Å². The van der Waals surface area contributed by atoms with E-state index in [9.17, 15) is 5.26 Å². The number of benzene rings is 1. The summed E-state index contributed by atoms with van der Waals surface area (Å²) < 4.78 is -0.124. The molecule has 0 radical (unpaired) electrons. The zero-order chi connectivity index (χ0) is 10.9. The number of nitrogens with zero attached hydrogens (tertiary/aromatic N) is 1. The Hall–Kier alpha value is -0.940. The summed E-state index contributed by atoms with van der Waals surface area (Å²) in [5.41, 5.74) is 1.28. The van der Waals surface area contributed by atoms with Crippen molar-refractivity contribution in [3.05, 3.63) is 29.8 Å². The maximum Gasteiger partial charge on any atom is 0.110 e. The second kappa shape index (κ2) is 3.90. The van der Waals surface area contributed by atoms with Gasteiger partial charge in [-0.05, 0) is 30.9 Å². The molecule has 1 aromatic carbocycles. The van der Waals surface area contributed by atoms with Gasteiger partial charge in [0.1, 0.15) is 4.75 Å². The largest absolute Gasteiger partial charge is 0.197 e. The number of aryl methyl sites for hydroxylation is 1. The van der Waals surface area contributed by atoms with Crippen LogP contribution in [0.4, 0.5) is 0 Å². The van der Waals surface area contributed by atoms with Crippen LogP contribution >= 0.6 is 11.8 Å². The molecule has 2 unspecified atom stereocenters. The first-order valence-electron chi connectivity index (χ1n) is 5.38. The fourth-order valence-corrected chi connectivity index (χ4v) is 3.36. The first-order valence-corrected chi connectivity index (χ1v) is 6.19. The number of hydrogen-bond acceptors (Lipinski definition) is 2. The van der Waals surface area contributed by atoms with Crippen molar-refractivity contribution >= 4 is 11.8 Å². The Balaban J connectivity index is 2.17. The van der Waals surface area contributed by atoms with Gasteiger partial charge in [-0.15, -0.1) is 11.8 Å².